The van der Waals surface area contributed by atoms with Gasteiger partial charge in [-0.05, 0) is 12.0 Å². The molecule has 7 nitrogen and oxygen atoms in total. The number of amides is 4. The van der Waals surface area contributed by atoms with Crippen molar-refractivity contribution in [3.05, 3.63) is 35.9 Å². The van der Waals surface area contributed by atoms with Gasteiger partial charge in [0, 0.05) is 13.1 Å². The van der Waals surface area contributed by atoms with E-state index in [9.17, 15) is 14.4 Å². The molecule has 2 heterocycles. The number of carbonyl (C=O) groups is 3. The van der Waals surface area contributed by atoms with Crippen molar-refractivity contribution < 1.29 is 19.1 Å². The van der Waals surface area contributed by atoms with E-state index >= 15 is 0 Å². The summed E-state index contributed by atoms with van der Waals surface area (Å²) >= 11 is 0. The summed E-state index contributed by atoms with van der Waals surface area (Å²) in [7, 11) is 0. The molecule has 0 spiro atoms. The summed E-state index contributed by atoms with van der Waals surface area (Å²) in [6.07, 6.45) is 0.420. The third-order valence-corrected chi connectivity index (χ3v) is 4.63. The number of morpholine rings is 1. The predicted molar refractivity (Wildman–Crippen MR) is 86.1 cm³/mol. The van der Waals surface area contributed by atoms with E-state index in [2.05, 4.69) is 5.32 Å². The lowest BCUT2D eigenvalue weighted by Gasteiger charge is -2.28. The molecule has 0 aromatic heterocycles. The molecule has 2 saturated heterocycles. The van der Waals surface area contributed by atoms with Crippen molar-refractivity contribution in [2.75, 3.05) is 32.8 Å². The highest BCUT2D eigenvalue weighted by molar-refractivity contribution is 6.09. The molecule has 2 fully saturated rings. The summed E-state index contributed by atoms with van der Waals surface area (Å²) in [6.45, 7) is 3.54. The number of hydrogen-bond donors (Lipinski definition) is 1. The fraction of sp³-hybridized carbons (Fsp3) is 0.471. The molecule has 1 N–H and O–H groups in total. The van der Waals surface area contributed by atoms with E-state index in [4.69, 9.17) is 4.74 Å². The van der Waals surface area contributed by atoms with Crippen molar-refractivity contribution in [1.82, 2.24) is 15.1 Å². The zero-order chi connectivity index (χ0) is 17.2. The number of ether oxygens (including phenoxy) is 1. The number of nitrogens with zero attached hydrogens (tertiary/aromatic N) is 2. The molecule has 24 heavy (non-hydrogen) atoms. The minimum atomic E-state index is -1.09. The van der Waals surface area contributed by atoms with Crippen molar-refractivity contribution in [3.8, 4) is 0 Å². The van der Waals surface area contributed by atoms with Crippen LogP contribution in [-0.2, 0) is 19.9 Å². The Bertz CT molecular complexity index is 642. The second-order valence-electron chi connectivity index (χ2n) is 5.94. The van der Waals surface area contributed by atoms with Gasteiger partial charge in [0.2, 0.25) is 5.91 Å². The van der Waals surface area contributed by atoms with Gasteiger partial charge < -0.3 is 15.0 Å². The Labute approximate surface area is 140 Å². The minimum absolute atomic E-state index is 0.234. The lowest BCUT2D eigenvalue weighted by Crippen LogP contribution is -2.48. The topological polar surface area (TPSA) is 79.0 Å². The molecule has 4 amide bonds. The summed E-state index contributed by atoms with van der Waals surface area (Å²) in [5.74, 6) is -0.607. The number of hydrogen-bond acceptors (Lipinski definition) is 4. The van der Waals surface area contributed by atoms with Crippen molar-refractivity contribution in [1.29, 1.82) is 0 Å². The molecule has 0 unspecified atom stereocenters. The van der Waals surface area contributed by atoms with Crippen molar-refractivity contribution in [2.45, 2.75) is 18.9 Å². The Balaban J connectivity index is 1.79. The van der Waals surface area contributed by atoms with Gasteiger partial charge in [-0.25, -0.2) is 4.79 Å². The van der Waals surface area contributed by atoms with Crippen molar-refractivity contribution >= 4 is 17.8 Å². The molecular formula is C17H21N3O4. The van der Waals surface area contributed by atoms with Gasteiger partial charge in [-0.3, -0.25) is 14.5 Å². The third kappa shape index (κ3) is 2.75. The summed E-state index contributed by atoms with van der Waals surface area (Å²) in [6, 6.07) is 8.62. The molecule has 1 aromatic carbocycles. The van der Waals surface area contributed by atoms with Crippen LogP contribution in [0.25, 0.3) is 0 Å². The predicted octanol–water partition coefficient (Wildman–Crippen LogP) is 0.703. The maximum absolute atomic E-state index is 12.9. The van der Waals surface area contributed by atoms with Crippen LogP contribution in [0.15, 0.2) is 30.3 Å². The Morgan fingerprint density at radius 2 is 1.88 bits per heavy atom. The van der Waals surface area contributed by atoms with Crippen LogP contribution in [0.1, 0.15) is 18.9 Å². The first-order chi connectivity index (χ1) is 11.6. The van der Waals surface area contributed by atoms with Gasteiger partial charge in [0.15, 0.2) is 0 Å². The van der Waals surface area contributed by atoms with Crippen LogP contribution in [0.2, 0.25) is 0 Å². The molecule has 128 valence electrons. The SMILES string of the molecule is CC[C@]1(c2ccccc2)NC(=O)N(CC(=O)N2CCOCC2)C1=O. The molecule has 1 atom stereocenters. The summed E-state index contributed by atoms with van der Waals surface area (Å²) in [5, 5.41) is 2.78. The van der Waals surface area contributed by atoms with Crippen LogP contribution in [0.3, 0.4) is 0 Å². The van der Waals surface area contributed by atoms with Crippen molar-refractivity contribution in [3.63, 3.8) is 0 Å². The van der Waals surface area contributed by atoms with E-state index in [1.807, 2.05) is 37.3 Å². The molecule has 1 aromatic rings. The van der Waals surface area contributed by atoms with Crippen molar-refractivity contribution in [2.24, 2.45) is 0 Å². The Morgan fingerprint density at radius 1 is 1.21 bits per heavy atom. The first-order valence-corrected chi connectivity index (χ1v) is 8.13. The third-order valence-electron chi connectivity index (χ3n) is 4.63. The standard InChI is InChI=1S/C17H21N3O4/c1-2-17(13-6-4-3-5-7-13)15(22)20(16(23)18-17)12-14(21)19-8-10-24-11-9-19/h3-7H,2,8-12H2,1H3,(H,18,23)/t17-/m1/s1. The molecule has 2 aliphatic rings. The number of imide groups is 1. The first kappa shape index (κ1) is 16.4. The maximum Gasteiger partial charge on any atom is 0.325 e. The number of rotatable bonds is 4. The molecule has 0 saturated carbocycles. The summed E-state index contributed by atoms with van der Waals surface area (Å²) in [4.78, 5) is 40.3. The molecule has 3 rings (SSSR count). The smallest absolute Gasteiger partial charge is 0.325 e. The average Bonchev–Trinajstić information content (AvgIpc) is 2.88. The van der Waals surface area contributed by atoms with Gasteiger partial charge in [0.1, 0.15) is 12.1 Å². The number of nitrogens with one attached hydrogen (secondary N) is 1. The van der Waals surface area contributed by atoms with Gasteiger partial charge >= 0.3 is 6.03 Å². The molecule has 0 bridgehead atoms. The largest absolute Gasteiger partial charge is 0.378 e. The number of benzene rings is 1. The zero-order valence-electron chi connectivity index (χ0n) is 13.7. The van der Waals surface area contributed by atoms with E-state index in [-0.39, 0.29) is 18.4 Å². The van der Waals surface area contributed by atoms with Gasteiger partial charge in [0.05, 0.1) is 13.2 Å². The highest BCUT2D eigenvalue weighted by Crippen LogP contribution is 2.32. The first-order valence-electron chi connectivity index (χ1n) is 8.13. The Morgan fingerprint density at radius 3 is 2.50 bits per heavy atom. The monoisotopic (exact) mass is 331 g/mol. The molecule has 0 aliphatic carbocycles. The van der Waals surface area contributed by atoms with Crippen LogP contribution >= 0.6 is 0 Å². The number of urea groups is 1. The molecule has 7 heteroatoms. The normalized spacial score (nSPS) is 24.2. The van der Waals surface area contributed by atoms with Crippen LogP contribution in [0.5, 0.6) is 0 Å². The number of carbonyl (C=O) groups excluding carboxylic acids is 3. The van der Waals surface area contributed by atoms with Gasteiger partial charge in [-0.2, -0.15) is 0 Å². The van der Waals surface area contributed by atoms with Gasteiger partial charge in [-0.1, -0.05) is 37.3 Å². The lowest BCUT2D eigenvalue weighted by molar-refractivity contribution is -0.141. The molecule has 0 radical (unpaired) electrons. The van der Waals surface area contributed by atoms with E-state index in [0.717, 1.165) is 10.5 Å². The fourth-order valence-electron chi connectivity index (χ4n) is 3.18. The molecule has 2 aliphatic heterocycles. The Kier molecular flexibility index (Phi) is 4.53. The van der Waals surface area contributed by atoms with Crippen LogP contribution < -0.4 is 5.32 Å². The van der Waals surface area contributed by atoms with E-state index in [1.165, 1.54) is 0 Å². The Hall–Kier alpha value is -2.41. The lowest BCUT2D eigenvalue weighted by atomic mass is 9.87. The second-order valence-corrected chi connectivity index (χ2v) is 5.94. The maximum atomic E-state index is 12.9. The van der Waals surface area contributed by atoms with E-state index in [1.54, 1.807) is 4.90 Å². The van der Waals surface area contributed by atoms with Crippen LogP contribution in [0, 0.1) is 0 Å². The van der Waals surface area contributed by atoms with E-state index in [0.29, 0.717) is 32.7 Å². The van der Waals surface area contributed by atoms with Crippen LogP contribution in [0.4, 0.5) is 4.79 Å². The van der Waals surface area contributed by atoms with Gasteiger partial charge in [0.25, 0.3) is 5.91 Å². The summed E-state index contributed by atoms with van der Waals surface area (Å²) < 4.78 is 5.22. The molecular weight excluding hydrogens is 310 g/mol. The average molecular weight is 331 g/mol. The fourth-order valence-corrected chi connectivity index (χ4v) is 3.18. The quantitative estimate of drug-likeness (QED) is 0.824. The van der Waals surface area contributed by atoms with Crippen LogP contribution in [-0.4, -0.2) is 60.5 Å². The summed E-state index contributed by atoms with van der Waals surface area (Å²) in [5.41, 5.74) is -0.365. The minimum Gasteiger partial charge on any atom is -0.378 e. The zero-order valence-corrected chi connectivity index (χ0v) is 13.7. The highest BCUT2D eigenvalue weighted by atomic mass is 16.5. The highest BCUT2D eigenvalue weighted by Gasteiger charge is 2.51. The van der Waals surface area contributed by atoms with E-state index < -0.39 is 11.6 Å². The second kappa shape index (κ2) is 6.60. The van der Waals surface area contributed by atoms with Gasteiger partial charge in [-0.15, -0.1) is 0 Å².